The summed E-state index contributed by atoms with van der Waals surface area (Å²) in [5.74, 6) is 0. The second-order valence-electron chi connectivity index (χ2n) is 4.30. The molecule has 11 heteroatoms. The third kappa shape index (κ3) is 5.54. The lowest BCUT2D eigenvalue weighted by Crippen LogP contribution is -2.36. The van der Waals surface area contributed by atoms with Crippen LogP contribution in [0.1, 0.15) is 18.7 Å². The van der Waals surface area contributed by atoms with E-state index in [1.54, 1.807) is 0 Å². The average molecular weight is 324 g/mol. The molecule has 0 saturated carbocycles. The van der Waals surface area contributed by atoms with Crippen LogP contribution >= 0.6 is 7.82 Å². The van der Waals surface area contributed by atoms with Gasteiger partial charge in [0.25, 0.3) is 5.56 Å². The maximum atomic E-state index is 11.6. The van der Waals surface area contributed by atoms with Crippen molar-refractivity contribution < 1.29 is 28.7 Å². The number of ether oxygens (including phenoxy) is 1. The molecule has 0 unspecified atom stereocenters. The van der Waals surface area contributed by atoms with Crippen LogP contribution in [-0.2, 0) is 13.8 Å². The number of rotatable bonds is 7. The fourth-order valence-electron chi connectivity index (χ4n) is 1.52. The highest BCUT2D eigenvalue weighted by Crippen LogP contribution is 2.35. The minimum absolute atomic E-state index is 0.289. The molecular weight excluding hydrogens is 307 g/mol. The van der Waals surface area contributed by atoms with E-state index in [9.17, 15) is 14.2 Å². The topological polar surface area (TPSA) is 151 Å². The van der Waals surface area contributed by atoms with Crippen molar-refractivity contribution in [2.45, 2.75) is 26.2 Å². The molecule has 0 spiro atoms. The molecule has 10 nitrogen and oxygen atoms in total. The highest BCUT2D eigenvalue weighted by atomic mass is 31.2. The monoisotopic (exact) mass is 324 g/mol. The van der Waals surface area contributed by atoms with E-state index in [2.05, 4.69) is 9.51 Å². The first-order valence-corrected chi connectivity index (χ1v) is 7.45. The van der Waals surface area contributed by atoms with Crippen molar-refractivity contribution in [1.82, 2.24) is 9.55 Å². The van der Waals surface area contributed by atoms with E-state index in [0.717, 1.165) is 4.57 Å². The smallest absolute Gasteiger partial charge is 0.394 e. The number of aliphatic hydroxyl groups excluding tert-OH is 1. The molecule has 0 fully saturated rings. The van der Waals surface area contributed by atoms with Gasteiger partial charge >= 0.3 is 13.5 Å². The molecule has 0 saturated heterocycles. The standard InChI is InChI=1S/C10H17N2O8P/c1-6-3-12(10(15)11-9(6)14)7(2)20-8(4-13)5-19-21(16,17)18/h3,7-8,13H,4-5H2,1-2H3,(H,11,14,15)(H2,16,17,18)/t7-,8+/m1/s1. The average Bonchev–Trinajstić information content (AvgIpc) is 2.37. The first-order chi connectivity index (χ1) is 9.64. The van der Waals surface area contributed by atoms with Gasteiger partial charge in [0.15, 0.2) is 0 Å². The van der Waals surface area contributed by atoms with E-state index in [1.807, 2.05) is 0 Å². The van der Waals surface area contributed by atoms with E-state index >= 15 is 0 Å². The summed E-state index contributed by atoms with van der Waals surface area (Å²) in [6, 6.07) is 0. The summed E-state index contributed by atoms with van der Waals surface area (Å²) >= 11 is 0. The predicted molar refractivity (Wildman–Crippen MR) is 70.7 cm³/mol. The number of nitrogens with one attached hydrogen (secondary N) is 1. The van der Waals surface area contributed by atoms with Crippen molar-refractivity contribution in [2.75, 3.05) is 13.2 Å². The lowest BCUT2D eigenvalue weighted by Gasteiger charge is -2.22. The lowest BCUT2D eigenvalue weighted by atomic mass is 10.3. The quantitative estimate of drug-likeness (QED) is 0.459. The molecule has 1 heterocycles. The highest BCUT2D eigenvalue weighted by molar-refractivity contribution is 7.46. The zero-order valence-electron chi connectivity index (χ0n) is 11.4. The van der Waals surface area contributed by atoms with Gasteiger partial charge in [-0.25, -0.2) is 9.36 Å². The molecule has 2 atom stereocenters. The maximum Gasteiger partial charge on any atom is 0.469 e. The Morgan fingerprint density at radius 3 is 2.57 bits per heavy atom. The number of aromatic amines is 1. The zero-order valence-corrected chi connectivity index (χ0v) is 12.3. The number of phosphoric ester groups is 1. The van der Waals surface area contributed by atoms with E-state index in [-0.39, 0.29) is 5.56 Å². The Balaban J connectivity index is 2.81. The van der Waals surface area contributed by atoms with Gasteiger partial charge in [0.1, 0.15) is 12.3 Å². The summed E-state index contributed by atoms with van der Waals surface area (Å²) < 4.78 is 21.2. The molecule has 0 radical (unpaired) electrons. The van der Waals surface area contributed by atoms with Crippen LogP contribution in [0.25, 0.3) is 0 Å². The largest absolute Gasteiger partial charge is 0.469 e. The Morgan fingerprint density at radius 1 is 1.43 bits per heavy atom. The van der Waals surface area contributed by atoms with E-state index in [4.69, 9.17) is 19.6 Å². The molecule has 1 aromatic rings. The summed E-state index contributed by atoms with van der Waals surface area (Å²) in [5, 5.41) is 9.08. The first kappa shape index (κ1) is 17.8. The number of H-pyrrole nitrogens is 1. The molecule has 0 aromatic carbocycles. The van der Waals surface area contributed by atoms with Crippen molar-refractivity contribution in [1.29, 1.82) is 0 Å². The van der Waals surface area contributed by atoms with Gasteiger partial charge in [-0.05, 0) is 13.8 Å². The van der Waals surface area contributed by atoms with Gasteiger partial charge in [-0.3, -0.25) is 18.9 Å². The summed E-state index contributed by atoms with van der Waals surface area (Å²) in [6.45, 7) is 1.85. The number of aryl methyl sites for hydroxylation is 1. The third-order valence-electron chi connectivity index (χ3n) is 2.56. The molecule has 0 amide bonds. The number of hydrogen-bond acceptors (Lipinski definition) is 6. The zero-order chi connectivity index (χ0) is 16.2. The second kappa shape index (κ2) is 7.12. The van der Waals surface area contributed by atoms with Crippen LogP contribution in [0.3, 0.4) is 0 Å². The van der Waals surface area contributed by atoms with Crippen LogP contribution in [0.15, 0.2) is 15.8 Å². The van der Waals surface area contributed by atoms with E-state index in [0.29, 0.717) is 0 Å². The fraction of sp³-hybridized carbons (Fsp3) is 0.600. The molecule has 4 N–H and O–H groups in total. The SMILES string of the molecule is Cc1cn([C@@H](C)O[C@@H](CO)COP(=O)(O)O)c(=O)[nH]c1=O. The molecule has 0 aliphatic rings. The van der Waals surface area contributed by atoms with Gasteiger partial charge in [-0.2, -0.15) is 0 Å². The normalized spacial score (nSPS) is 14.9. The van der Waals surface area contributed by atoms with Gasteiger partial charge in [0.05, 0.1) is 13.2 Å². The van der Waals surface area contributed by atoms with Crippen LogP contribution in [0.4, 0.5) is 0 Å². The van der Waals surface area contributed by atoms with Crippen molar-refractivity contribution in [2.24, 2.45) is 0 Å². The summed E-state index contributed by atoms with van der Waals surface area (Å²) in [4.78, 5) is 42.1. The van der Waals surface area contributed by atoms with Crippen LogP contribution in [0, 0.1) is 6.92 Å². The number of nitrogens with zero attached hydrogens (tertiary/aromatic N) is 1. The fourth-order valence-corrected chi connectivity index (χ4v) is 1.88. The Hall–Kier alpha value is -1.29. The van der Waals surface area contributed by atoms with Crippen molar-refractivity contribution in [3.8, 4) is 0 Å². The second-order valence-corrected chi connectivity index (χ2v) is 5.54. The minimum atomic E-state index is -4.68. The number of aliphatic hydroxyl groups is 1. The summed E-state index contributed by atoms with van der Waals surface area (Å²) in [5.41, 5.74) is -0.935. The Morgan fingerprint density at radius 2 is 2.05 bits per heavy atom. The van der Waals surface area contributed by atoms with Crippen molar-refractivity contribution >= 4 is 7.82 Å². The van der Waals surface area contributed by atoms with Crippen molar-refractivity contribution in [3.63, 3.8) is 0 Å². The Bertz CT molecular complexity index is 633. The summed E-state index contributed by atoms with van der Waals surface area (Å²) in [7, 11) is -4.68. The molecular formula is C10H17N2O8P. The molecule has 0 bridgehead atoms. The highest BCUT2D eigenvalue weighted by Gasteiger charge is 2.21. The molecule has 120 valence electrons. The molecule has 1 rings (SSSR count). The van der Waals surface area contributed by atoms with Crippen LogP contribution < -0.4 is 11.2 Å². The molecule has 1 aromatic heterocycles. The van der Waals surface area contributed by atoms with Crippen molar-refractivity contribution in [3.05, 3.63) is 32.6 Å². The first-order valence-electron chi connectivity index (χ1n) is 5.92. The minimum Gasteiger partial charge on any atom is -0.394 e. The van der Waals surface area contributed by atoms with Gasteiger partial charge in [0.2, 0.25) is 0 Å². The van der Waals surface area contributed by atoms with Gasteiger partial charge < -0.3 is 19.6 Å². The lowest BCUT2D eigenvalue weighted by molar-refractivity contribution is -0.0858. The third-order valence-corrected chi connectivity index (χ3v) is 3.04. The Labute approximate surface area is 119 Å². The Kier molecular flexibility index (Phi) is 6.02. The van der Waals surface area contributed by atoms with Crippen LogP contribution in [-0.4, -0.2) is 43.8 Å². The van der Waals surface area contributed by atoms with E-state index < -0.39 is 44.6 Å². The number of phosphoric acid groups is 1. The maximum absolute atomic E-state index is 11.6. The molecule has 0 aliphatic heterocycles. The number of hydrogen-bond donors (Lipinski definition) is 4. The molecule has 0 aliphatic carbocycles. The number of aromatic nitrogens is 2. The van der Waals surface area contributed by atoms with Gasteiger partial charge in [0, 0.05) is 11.8 Å². The van der Waals surface area contributed by atoms with Crippen LogP contribution in [0.2, 0.25) is 0 Å². The van der Waals surface area contributed by atoms with Crippen LogP contribution in [0.5, 0.6) is 0 Å². The summed E-state index contributed by atoms with van der Waals surface area (Å²) in [6.07, 6.45) is -0.651. The predicted octanol–water partition coefficient (Wildman–Crippen LogP) is -1.15. The molecule has 21 heavy (non-hydrogen) atoms. The van der Waals surface area contributed by atoms with Gasteiger partial charge in [-0.15, -0.1) is 0 Å². The van der Waals surface area contributed by atoms with E-state index in [1.165, 1.54) is 20.0 Å². The van der Waals surface area contributed by atoms with Gasteiger partial charge in [-0.1, -0.05) is 0 Å².